The van der Waals surface area contributed by atoms with E-state index in [0.29, 0.717) is 12.1 Å². The van der Waals surface area contributed by atoms with Crippen LogP contribution < -0.4 is 5.32 Å². The van der Waals surface area contributed by atoms with Crippen molar-refractivity contribution >= 4 is 5.91 Å². The molecule has 0 bridgehead atoms. The third-order valence-corrected chi connectivity index (χ3v) is 3.22. The molecular weight excluding hydrogens is 278 g/mol. The summed E-state index contributed by atoms with van der Waals surface area (Å²) in [5.74, 6) is -0.146. The summed E-state index contributed by atoms with van der Waals surface area (Å²) in [6.45, 7) is 2.22. The summed E-state index contributed by atoms with van der Waals surface area (Å²) in [6.07, 6.45) is 6.86. The fourth-order valence-electron chi connectivity index (χ4n) is 2.03. The number of carbonyl (C=O) groups is 1. The van der Waals surface area contributed by atoms with Crippen molar-refractivity contribution in [1.82, 2.24) is 25.5 Å². The minimum Gasteiger partial charge on any atom is -0.346 e. The highest BCUT2D eigenvalue weighted by Gasteiger charge is 2.08. The molecule has 0 fully saturated rings. The Bertz CT molecular complexity index is 765. The number of carbonyl (C=O) groups excluding carboxylic acids is 1. The summed E-state index contributed by atoms with van der Waals surface area (Å²) in [7, 11) is 0. The van der Waals surface area contributed by atoms with E-state index in [2.05, 4.69) is 25.5 Å². The maximum absolute atomic E-state index is 12.2. The van der Waals surface area contributed by atoms with Crippen molar-refractivity contribution in [3.63, 3.8) is 0 Å². The third-order valence-electron chi connectivity index (χ3n) is 3.22. The van der Waals surface area contributed by atoms with Gasteiger partial charge >= 0.3 is 0 Å². The lowest BCUT2D eigenvalue weighted by molar-refractivity contribution is 0.0950. The highest BCUT2D eigenvalue weighted by molar-refractivity contribution is 5.95. The molecule has 0 aliphatic carbocycles. The van der Waals surface area contributed by atoms with Gasteiger partial charge in [0.2, 0.25) is 0 Å². The molecule has 2 heterocycles. The fourth-order valence-corrected chi connectivity index (χ4v) is 2.03. The molecule has 0 radical (unpaired) electrons. The summed E-state index contributed by atoms with van der Waals surface area (Å²) in [5, 5.41) is 9.52. The first kappa shape index (κ1) is 13.9. The Kier molecular flexibility index (Phi) is 3.91. The lowest BCUT2D eigenvalue weighted by Crippen LogP contribution is -2.23. The van der Waals surface area contributed by atoms with Gasteiger partial charge in [0.25, 0.3) is 5.91 Å². The third kappa shape index (κ3) is 3.17. The van der Waals surface area contributed by atoms with Gasteiger partial charge in [-0.15, -0.1) is 0 Å². The number of aromatic nitrogens is 4. The lowest BCUT2D eigenvalue weighted by Gasteiger charge is -2.06. The number of hydrogen-bond donors (Lipinski definition) is 2. The standard InChI is InChI=1S/C16H15N5O/c1-11-6-18-15(9-17-11)10-19-16(22)13-4-2-3-12(5-13)14-7-20-21-8-14/h2-9H,10H2,1H3,(H,19,22)(H,20,21). The molecule has 3 aromatic rings. The zero-order chi connectivity index (χ0) is 15.4. The summed E-state index contributed by atoms with van der Waals surface area (Å²) >= 11 is 0. The van der Waals surface area contributed by atoms with Crippen LogP contribution in [0.1, 0.15) is 21.7 Å². The van der Waals surface area contributed by atoms with Crippen LogP contribution in [-0.4, -0.2) is 26.1 Å². The quantitative estimate of drug-likeness (QED) is 0.771. The average Bonchev–Trinajstić information content (AvgIpc) is 3.09. The van der Waals surface area contributed by atoms with Crippen LogP contribution in [0.4, 0.5) is 0 Å². The second-order valence-corrected chi connectivity index (χ2v) is 4.90. The van der Waals surface area contributed by atoms with E-state index in [0.717, 1.165) is 22.5 Å². The van der Waals surface area contributed by atoms with Crippen LogP contribution in [0.3, 0.4) is 0 Å². The number of aromatic amines is 1. The Balaban J connectivity index is 1.70. The number of amides is 1. The summed E-state index contributed by atoms with van der Waals surface area (Å²) < 4.78 is 0. The van der Waals surface area contributed by atoms with Crippen LogP contribution in [0, 0.1) is 6.92 Å². The van der Waals surface area contributed by atoms with Crippen LogP contribution >= 0.6 is 0 Å². The van der Waals surface area contributed by atoms with Crippen molar-refractivity contribution in [1.29, 1.82) is 0 Å². The number of benzene rings is 1. The van der Waals surface area contributed by atoms with E-state index in [4.69, 9.17) is 0 Å². The van der Waals surface area contributed by atoms with Gasteiger partial charge in [0.05, 0.1) is 30.3 Å². The number of nitrogens with zero attached hydrogens (tertiary/aromatic N) is 3. The number of rotatable bonds is 4. The molecule has 1 aromatic carbocycles. The Morgan fingerprint density at radius 3 is 2.82 bits per heavy atom. The molecule has 0 atom stereocenters. The van der Waals surface area contributed by atoms with Gasteiger partial charge in [-0.05, 0) is 24.6 Å². The molecule has 0 unspecified atom stereocenters. The van der Waals surface area contributed by atoms with Crippen molar-refractivity contribution in [2.45, 2.75) is 13.5 Å². The number of hydrogen-bond acceptors (Lipinski definition) is 4. The molecule has 0 spiro atoms. The van der Waals surface area contributed by atoms with Gasteiger partial charge < -0.3 is 5.32 Å². The second-order valence-electron chi connectivity index (χ2n) is 4.90. The van der Waals surface area contributed by atoms with E-state index in [1.54, 1.807) is 30.9 Å². The fraction of sp³-hybridized carbons (Fsp3) is 0.125. The number of H-pyrrole nitrogens is 1. The van der Waals surface area contributed by atoms with Crippen LogP contribution in [0.25, 0.3) is 11.1 Å². The SMILES string of the molecule is Cc1cnc(CNC(=O)c2cccc(-c3cn[nH]c3)c2)cn1. The molecule has 0 aliphatic rings. The maximum Gasteiger partial charge on any atom is 0.251 e. The smallest absolute Gasteiger partial charge is 0.251 e. The number of aryl methyl sites for hydroxylation is 1. The zero-order valence-corrected chi connectivity index (χ0v) is 12.1. The largest absolute Gasteiger partial charge is 0.346 e. The van der Waals surface area contributed by atoms with Gasteiger partial charge in [0, 0.05) is 23.5 Å². The van der Waals surface area contributed by atoms with E-state index in [-0.39, 0.29) is 5.91 Å². The van der Waals surface area contributed by atoms with Crippen LogP contribution in [0.15, 0.2) is 49.1 Å². The first-order valence-electron chi connectivity index (χ1n) is 6.87. The molecule has 6 nitrogen and oxygen atoms in total. The molecule has 2 N–H and O–H groups in total. The minimum absolute atomic E-state index is 0.146. The first-order chi connectivity index (χ1) is 10.7. The van der Waals surface area contributed by atoms with E-state index >= 15 is 0 Å². The predicted octanol–water partition coefficient (Wildman–Crippen LogP) is 2.11. The lowest BCUT2D eigenvalue weighted by atomic mass is 10.1. The van der Waals surface area contributed by atoms with Crippen molar-refractivity contribution in [3.05, 3.63) is 66.0 Å². The Hall–Kier alpha value is -3.02. The molecule has 110 valence electrons. The first-order valence-corrected chi connectivity index (χ1v) is 6.87. The van der Waals surface area contributed by atoms with Crippen molar-refractivity contribution in [2.24, 2.45) is 0 Å². The molecular formula is C16H15N5O. The van der Waals surface area contributed by atoms with Crippen molar-refractivity contribution in [2.75, 3.05) is 0 Å². The normalized spacial score (nSPS) is 10.4. The van der Waals surface area contributed by atoms with Crippen LogP contribution in [0.5, 0.6) is 0 Å². The number of nitrogens with one attached hydrogen (secondary N) is 2. The average molecular weight is 293 g/mol. The minimum atomic E-state index is -0.146. The highest BCUT2D eigenvalue weighted by Crippen LogP contribution is 2.18. The van der Waals surface area contributed by atoms with Gasteiger partial charge in [0.1, 0.15) is 0 Å². The van der Waals surface area contributed by atoms with E-state index in [1.165, 1.54) is 0 Å². The molecule has 1 amide bonds. The molecule has 3 rings (SSSR count). The van der Waals surface area contributed by atoms with Gasteiger partial charge in [-0.2, -0.15) is 5.10 Å². The molecule has 0 saturated heterocycles. The summed E-state index contributed by atoms with van der Waals surface area (Å²) in [5.41, 5.74) is 4.06. The summed E-state index contributed by atoms with van der Waals surface area (Å²) in [6, 6.07) is 7.40. The summed E-state index contributed by atoms with van der Waals surface area (Å²) in [4.78, 5) is 20.6. The van der Waals surface area contributed by atoms with E-state index in [9.17, 15) is 4.79 Å². The molecule has 2 aromatic heterocycles. The van der Waals surface area contributed by atoms with Crippen LogP contribution in [-0.2, 0) is 6.54 Å². The van der Waals surface area contributed by atoms with Gasteiger partial charge in [-0.25, -0.2) is 0 Å². The van der Waals surface area contributed by atoms with Crippen LogP contribution in [0.2, 0.25) is 0 Å². The van der Waals surface area contributed by atoms with Gasteiger partial charge in [-0.3, -0.25) is 19.9 Å². The zero-order valence-electron chi connectivity index (χ0n) is 12.1. The predicted molar refractivity (Wildman–Crippen MR) is 82.0 cm³/mol. The van der Waals surface area contributed by atoms with E-state index < -0.39 is 0 Å². The van der Waals surface area contributed by atoms with E-state index in [1.807, 2.05) is 25.1 Å². The molecule has 0 aliphatic heterocycles. The second kappa shape index (κ2) is 6.17. The Morgan fingerprint density at radius 1 is 1.18 bits per heavy atom. The molecule has 6 heteroatoms. The van der Waals surface area contributed by atoms with Crippen molar-refractivity contribution < 1.29 is 4.79 Å². The Morgan fingerprint density at radius 2 is 2.09 bits per heavy atom. The molecule has 0 saturated carbocycles. The molecule has 22 heavy (non-hydrogen) atoms. The highest BCUT2D eigenvalue weighted by atomic mass is 16.1. The van der Waals surface area contributed by atoms with Gasteiger partial charge in [-0.1, -0.05) is 12.1 Å². The van der Waals surface area contributed by atoms with Crippen molar-refractivity contribution in [3.8, 4) is 11.1 Å². The monoisotopic (exact) mass is 293 g/mol. The maximum atomic E-state index is 12.2. The van der Waals surface area contributed by atoms with Gasteiger partial charge in [0.15, 0.2) is 0 Å². The topological polar surface area (TPSA) is 83.6 Å². The Labute approximate surface area is 127 Å².